The van der Waals surface area contributed by atoms with Crippen LogP contribution in [0.4, 0.5) is 5.69 Å². The number of thiocarbonyl (C=S) groups is 1. The molecular formula is C15H18N2O2S. The second-order valence-corrected chi connectivity index (χ2v) is 4.92. The SMILES string of the molecule is NC(=S)c1ccc(N(CCO)CCO)c2ccccc12. The number of hydrogen-bond donors (Lipinski definition) is 3. The van der Waals surface area contributed by atoms with Crippen LogP contribution in [0.2, 0.25) is 0 Å². The van der Waals surface area contributed by atoms with E-state index in [1.807, 2.05) is 41.3 Å². The zero-order chi connectivity index (χ0) is 14.5. The van der Waals surface area contributed by atoms with Crippen molar-refractivity contribution in [3.05, 3.63) is 42.0 Å². The first-order valence-corrected chi connectivity index (χ1v) is 6.88. The summed E-state index contributed by atoms with van der Waals surface area (Å²) in [5.41, 5.74) is 7.56. The third-order valence-electron chi connectivity index (χ3n) is 3.25. The highest BCUT2D eigenvalue weighted by Gasteiger charge is 2.12. The van der Waals surface area contributed by atoms with Crippen LogP contribution in [0.1, 0.15) is 5.56 Å². The molecule has 0 atom stereocenters. The van der Waals surface area contributed by atoms with Gasteiger partial charge in [0.1, 0.15) is 4.99 Å². The summed E-state index contributed by atoms with van der Waals surface area (Å²) < 4.78 is 0. The van der Waals surface area contributed by atoms with Crippen LogP contribution in [-0.2, 0) is 0 Å². The molecule has 0 radical (unpaired) electrons. The first-order chi connectivity index (χ1) is 9.69. The van der Waals surface area contributed by atoms with Gasteiger partial charge in [-0.2, -0.15) is 0 Å². The molecule has 0 saturated heterocycles. The number of anilines is 1. The molecule has 0 aliphatic heterocycles. The summed E-state index contributed by atoms with van der Waals surface area (Å²) >= 11 is 5.09. The molecule has 2 aromatic carbocycles. The molecule has 0 aliphatic carbocycles. The van der Waals surface area contributed by atoms with E-state index in [2.05, 4.69) is 0 Å². The van der Waals surface area contributed by atoms with Gasteiger partial charge in [-0.05, 0) is 17.5 Å². The fraction of sp³-hybridized carbons (Fsp3) is 0.267. The van der Waals surface area contributed by atoms with Gasteiger partial charge < -0.3 is 20.8 Å². The lowest BCUT2D eigenvalue weighted by Crippen LogP contribution is -2.30. The van der Waals surface area contributed by atoms with Crippen molar-refractivity contribution in [3.63, 3.8) is 0 Å². The molecule has 4 nitrogen and oxygen atoms in total. The molecule has 0 spiro atoms. The van der Waals surface area contributed by atoms with Crippen molar-refractivity contribution in [2.45, 2.75) is 0 Å². The molecule has 2 rings (SSSR count). The van der Waals surface area contributed by atoms with Gasteiger partial charge in [0, 0.05) is 29.7 Å². The van der Waals surface area contributed by atoms with E-state index in [0.717, 1.165) is 22.0 Å². The first kappa shape index (κ1) is 14.7. The van der Waals surface area contributed by atoms with Crippen molar-refractivity contribution in [1.29, 1.82) is 0 Å². The van der Waals surface area contributed by atoms with E-state index >= 15 is 0 Å². The summed E-state index contributed by atoms with van der Waals surface area (Å²) in [5.74, 6) is 0. The molecule has 0 heterocycles. The lowest BCUT2D eigenvalue weighted by atomic mass is 10.0. The molecule has 0 aromatic heterocycles. The minimum Gasteiger partial charge on any atom is -0.395 e. The molecule has 5 heteroatoms. The van der Waals surface area contributed by atoms with Crippen molar-refractivity contribution in [2.24, 2.45) is 5.73 Å². The van der Waals surface area contributed by atoms with Crippen LogP contribution in [0.3, 0.4) is 0 Å². The Hall–Kier alpha value is -1.69. The standard InChI is InChI=1S/C15H18N2O2S/c16-15(20)13-5-6-14(17(7-9-18)8-10-19)12-4-2-1-3-11(12)13/h1-6,18-19H,7-10H2,(H2,16,20). The van der Waals surface area contributed by atoms with E-state index in [9.17, 15) is 10.2 Å². The van der Waals surface area contributed by atoms with E-state index in [4.69, 9.17) is 18.0 Å². The molecule has 0 unspecified atom stereocenters. The predicted molar refractivity (Wildman–Crippen MR) is 86.2 cm³/mol. The third kappa shape index (κ3) is 2.90. The van der Waals surface area contributed by atoms with Gasteiger partial charge in [0.25, 0.3) is 0 Å². The quantitative estimate of drug-likeness (QED) is 0.699. The van der Waals surface area contributed by atoms with Crippen molar-refractivity contribution in [2.75, 3.05) is 31.2 Å². The van der Waals surface area contributed by atoms with Crippen LogP contribution < -0.4 is 10.6 Å². The minimum atomic E-state index is 0.0331. The Morgan fingerprint density at radius 3 is 2.15 bits per heavy atom. The molecule has 4 N–H and O–H groups in total. The molecule has 2 aromatic rings. The summed E-state index contributed by atoms with van der Waals surface area (Å²) in [6, 6.07) is 11.7. The molecule has 0 aliphatic rings. The van der Waals surface area contributed by atoms with Crippen LogP contribution >= 0.6 is 12.2 Å². The Morgan fingerprint density at radius 1 is 1.00 bits per heavy atom. The summed E-state index contributed by atoms with van der Waals surface area (Å²) in [5, 5.41) is 20.3. The van der Waals surface area contributed by atoms with Gasteiger partial charge in [-0.15, -0.1) is 0 Å². The fourth-order valence-electron chi connectivity index (χ4n) is 2.37. The smallest absolute Gasteiger partial charge is 0.104 e. The largest absolute Gasteiger partial charge is 0.395 e. The summed E-state index contributed by atoms with van der Waals surface area (Å²) in [6.45, 7) is 1.00. The summed E-state index contributed by atoms with van der Waals surface area (Å²) in [4.78, 5) is 2.31. The van der Waals surface area contributed by atoms with Crippen LogP contribution in [0.5, 0.6) is 0 Å². The lowest BCUT2D eigenvalue weighted by Gasteiger charge is -2.25. The predicted octanol–water partition coefficient (Wildman–Crippen LogP) is 1.27. The molecule has 20 heavy (non-hydrogen) atoms. The van der Waals surface area contributed by atoms with Gasteiger partial charge in [0.2, 0.25) is 0 Å². The number of nitrogens with zero attached hydrogens (tertiary/aromatic N) is 1. The Balaban J connectivity index is 2.59. The Morgan fingerprint density at radius 2 is 1.60 bits per heavy atom. The van der Waals surface area contributed by atoms with E-state index in [1.54, 1.807) is 0 Å². The molecule has 0 bridgehead atoms. The van der Waals surface area contributed by atoms with Gasteiger partial charge in [-0.3, -0.25) is 0 Å². The minimum absolute atomic E-state index is 0.0331. The van der Waals surface area contributed by atoms with Crippen LogP contribution in [-0.4, -0.2) is 41.5 Å². The average Bonchev–Trinajstić information content (AvgIpc) is 2.45. The number of fused-ring (bicyclic) bond motifs is 1. The van der Waals surface area contributed by atoms with E-state index in [-0.39, 0.29) is 13.2 Å². The molecule has 106 valence electrons. The summed E-state index contributed by atoms with van der Waals surface area (Å²) in [7, 11) is 0. The number of aliphatic hydroxyl groups excluding tert-OH is 2. The maximum Gasteiger partial charge on any atom is 0.104 e. The van der Waals surface area contributed by atoms with E-state index < -0.39 is 0 Å². The number of aliphatic hydroxyl groups is 2. The van der Waals surface area contributed by atoms with Crippen molar-refractivity contribution < 1.29 is 10.2 Å². The average molecular weight is 290 g/mol. The Labute approximate surface area is 123 Å². The highest BCUT2D eigenvalue weighted by molar-refractivity contribution is 7.80. The van der Waals surface area contributed by atoms with Crippen molar-refractivity contribution >= 4 is 33.7 Å². The maximum absolute atomic E-state index is 9.18. The fourth-order valence-corrected chi connectivity index (χ4v) is 2.55. The number of nitrogens with two attached hydrogens (primary N) is 1. The monoisotopic (exact) mass is 290 g/mol. The maximum atomic E-state index is 9.18. The van der Waals surface area contributed by atoms with Crippen LogP contribution in [0.25, 0.3) is 10.8 Å². The third-order valence-corrected chi connectivity index (χ3v) is 3.47. The van der Waals surface area contributed by atoms with Crippen LogP contribution in [0, 0.1) is 0 Å². The van der Waals surface area contributed by atoms with Gasteiger partial charge in [-0.1, -0.05) is 36.5 Å². The molecule has 0 fully saturated rings. The summed E-state index contributed by atoms with van der Waals surface area (Å²) in [6.07, 6.45) is 0. The Kier molecular flexibility index (Phi) is 4.89. The van der Waals surface area contributed by atoms with Gasteiger partial charge in [0.15, 0.2) is 0 Å². The first-order valence-electron chi connectivity index (χ1n) is 6.47. The van der Waals surface area contributed by atoms with E-state index in [0.29, 0.717) is 18.1 Å². The zero-order valence-corrected chi connectivity index (χ0v) is 11.9. The van der Waals surface area contributed by atoms with Gasteiger partial charge in [0.05, 0.1) is 13.2 Å². The molecular weight excluding hydrogens is 272 g/mol. The number of benzene rings is 2. The molecule has 0 amide bonds. The second-order valence-electron chi connectivity index (χ2n) is 4.48. The molecule has 0 saturated carbocycles. The Bertz CT molecular complexity index is 610. The zero-order valence-electron chi connectivity index (χ0n) is 11.1. The highest BCUT2D eigenvalue weighted by atomic mass is 32.1. The number of rotatable bonds is 6. The highest BCUT2D eigenvalue weighted by Crippen LogP contribution is 2.29. The lowest BCUT2D eigenvalue weighted by molar-refractivity contribution is 0.281. The van der Waals surface area contributed by atoms with Crippen molar-refractivity contribution in [3.8, 4) is 0 Å². The second kappa shape index (κ2) is 6.65. The topological polar surface area (TPSA) is 69.7 Å². The van der Waals surface area contributed by atoms with Gasteiger partial charge >= 0.3 is 0 Å². The van der Waals surface area contributed by atoms with Crippen LogP contribution in [0.15, 0.2) is 36.4 Å². The van der Waals surface area contributed by atoms with Gasteiger partial charge in [-0.25, -0.2) is 0 Å². The van der Waals surface area contributed by atoms with E-state index in [1.165, 1.54) is 0 Å². The van der Waals surface area contributed by atoms with Crippen molar-refractivity contribution in [1.82, 2.24) is 0 Å². The normalized spacial score (nSPS) is 10.7. The number of hydrogen-bond acceptors (Lipinski definition) is 4.